The highest BCUT2D eigenvalue weighted by Crippen LogP contribution is 2.21. The van der Waals surface area contributed by atoms with E-state index in [0.717, 1.165) is 16.0 Å². The summed E-state index contributed by atoms with van der Waals surface area (Å²) in [5.74, 6) is 0. The lowest BCUT2D eigenvalue weighted by atomic mass is 10.2. The van der Waals surface area contributed by atoms with Crippen LogP contribution < -0.4 is 0 Å². The standard InChI is InChI=1S/2C7H6ClN3O/c1-4-2-7-6(3-5(4)8)9-10-11(7)12;1-4-2-6-7(3-5(4)8)11(12)10-9-6/h2*2-3,12H,1H3. The highest BCUT2D eigenvalue weighted by molar-refractivity contribution is 6.32. The molecule has 4 aromatic rings. The molecule has 10 heteroatoms. The van der Waals surface area contributed by atoms with Crippen LogP contribution in [0.25, 0.3) is 22.1 Å². The van der Waals surface area contributed by atoms with Crippen LogP contribution in [0.2, 0.25) is 10.0 Å². The summed E-state index contributed by atoms with van der Waals surface area (Å²) in [6, 6.07) is 6.81. The molecule has 0 atom stereocenters. The van der Waals surface area contributed by atoms with Gasteiger partial charge in [0.05, 0.1) is 0 Å². The molecule has 24 heavy (non-hydrogen) atoms. The van der Waals surface area contributed by atoms with Crippen molar-refractivity contribution >= 4 is 45.3 Å². The first-order chi connectivity index (χ1) is 11.4. The summed E-state index contributed by atoms with van der Waals surface area (Å²) in [7, 11) is 0. The highest BCUT2D eigenvalue weighted by atomic mass is 35.5. The van der Waals surface area contributed by atoms with Crippen LogP contribution in [0, 0.1) is 13.8 Å². The van der Waals surface area contributed by atoms with Gasteiger partial charge in [0, 0.05) is 10.0 Å². The third-order valence-electron chi connectivity index (χ3n) is 3.42. The first-order valence-corrected chi connectivity index (χ1v) is 7.54. The molecule has 0 unspecified atom stereocenters. The largest absolute Gasteiger partial charge is 0.410 e. The first kappa shape index (κ1) is 16.3. The minimum absolute atomic E-state index is 0.519. The minimum atomic E-state index is 0.519. The maximum Gasteiger partial charge on any atom is 0.132 e. The van der Waals surface area contributed by atoms with E-state index in [9.17, 15) is 0 Å². The molecule has 0 aliphatic heterocycles. The van der Waals surface area contributed by atoms with Crippen LogP contribution in [-0.4, -0.2) is 40.7 Å². The summed E-state index contributed by atoms with van der Waals surface area (Å²) in [6.45, 7) is 3.73. The second-order valence-corrected chi connectivity index (χ2v) is 5.95. The average Bonchev–Trinajstić information content (AvgIpc) is 3.06. The van der Waals surface area contributed by atoms with Crippen molar-refractivity contribution in [2.24, 2.45) is 0 Å². The van der Waals surface area contributed by atoms with Crippen LogP contribution >= 0.6 is 23.2 Å². The van der Waals surface area contributed by atoms with Crippen molar-refractivity contribution in [1.29, 1.82) is 0 Å². The molecule has 0 radical (unpaired) electrons. The van der Waals surface area contributed by atoms with Crippen molar-refractivity contribution in [3.8, 4) is 0 Å². The molecule has 0 spiro atoms. The van der Waals surface area contributed by atoms with Gasteiger partial charge in [-0.3, -0.25) is 0 Å². The monoisotopic (exact) mass is 366 g/mol. The van der Waals surface area contributed by atoms with E-state index in [2.05, 4.69) is 20.6 Å². The lowest BCUT2D eigenvalue weighted by Crippen LogP contribution is -1.91. The van der Waals surface area contributed by atoms with Crippen LogP contribution in [0.3, 0.4) is 0 Å². The van der Waals surface area contributed by atoms with E-state index in [1.807, 2.05) is 13.8 Å². The van der Waals surface area contributed by atoms with Crippen LogP contribution in [0.15, 0.2) is 24.3 Å². The van der Waals surface area contributed by atoms with Crippen LogP contribution in [0.5, 0.6) is 0 Å². The van der Waals surface area contributed by atoms with E-state index in [0.29, 0.717) is 37.0 Å². The Bertz CT molecular complexity index is 959. The van der Waals surface area contributed by atoms with Gasteiger partial charge in [-0.05, 0) is 59.7 Å². The summed E-state index contributed by atoms with van der Waals surface area (Å²) in [5.41, 5.74) is 4.13. The topological polar surface area (TPSA) is 102 Å². The van der Waals surface area contributed by atoms with E-state index in [-0.39, 0.29) is 0 Å². The third-order valence-corrected chi connectivity index (χ3v) is 4.23. The molecule has 0 saturated heterocycles. The lowest BCUT2D eigenvalue weighted by molar-refractivity contribution is 0.154. The molecular weight excluding hydrogens is 355 g/mol. The molecular formula is C14H12Cl2N6O2. The van der Waals surface area contributed by atoms with Gasteiger partial charge in [0.15, 0.2) is 0 Å². The fraction of sp³-hybridized carbons (Fsp3) is 0.143. The van der Waals surface area contributed by atoms with E-state index in [1.165, 1.54) is 0 Å². The molecule has 0 amide bonds. The molecule has 0 fully saturated rings. The number of nitrogens with zero attached hydrogens (tertiary/aromatic N) is 6. The molecule has 0 aliphatic rings. The zero-order chi connectivity index (χ0) is 17.4. The van der Waals surface area contributed by atoms with Gasteiger partial charge in [-0.15, -0.1) is 10.2 Å². The Hall–Kier alpha value is -2.58. The Balaban J connectivity index is 0.000000141. The zero-order valence-electron chi connectivity index (χ0n) is 12.6. The van der Waals surface area contributed by atoms with E-state index in [4.69, 9.17) is 33.6 Å². The van der Waals surface area contributed by atoms with Gasteiger partial charge >= 0.3 is 0 Å². The Morgan fingerprint density at radius 3 is 1.83 bits per heavy atom. The first-order valence-electron chi connectivity index (χ1n) is 6.78. The number of aromatic nitrogens is 6. The molecule has 2 heterocycles. The van der Waals surface area contributed by atoms with Gasteiger partial charge in [-0.2, -0.15) is 0 Å². The van der Waals surface area contributed by atoms with E-state index < -0.39 is 0 Å². The van der Waals surface area contributed by atoms with Crippen LogP contribution in [0.1, 0.15) is 11.1 Å². The van der Waals surface area contributed by atoms with Crippen molar-refractivity contribution in [2.45, 2.75) is 13.8 Å². The molecule has 0 saturated carbocycles. The van der Waals surface area contributed by atoms with Gasteiger partial charge in [0.2, 0.25) is 0 Å². The Morgan fingerprint density at radius 1 is 0.750 bits per heavy atom. The molecule has 0 aliphatic carbocycles. The van der Waals surface area contributed by atoms with Crippen molar-refractivity contribution in [1.82, 2.24) is 30.3 Å². The Kier molecular flexibility index (Phi) is 4.16. The average molecular weight is 367 g/mol. The molecule has 2 N–H and O–H groups in total. The van der Waals surface area contributed by atoms with Crippen LogP contribution in [-0.2, 0) is 0 Å². The van der Waals surface area contributed by atoms with Gasteiger partial charge in [-0.1, -0.05) is 32.9 Å². The number of halogens is 2. The molecule has 4 rings (SSSR count). The van der Waals surface area contributed by atoms with Crippen LogP contribution in [0.4, 0.5) is 0 Å². The van der Waals surface area contributed by atoms with Gasteiger partial charge < -0.3 is 10.4 Å². The van der Waals surface area contributed by atoms with Crippen molar-refractivity contribution in [3.63, 3.8) is 0 Å². The molecule has 8 nitrogen and oxygen atoms in total. The fourth-order valence-electron chi connectivity index (χ4n) is 2.07. The molecule has 124 valence electrons. The zero-order valence-corrected chi connectivity index (χ0v) is 14.2. The SMILES string of the molecule is Cc1cc2c(cc1Cl)nnn2O.Cc1cc2nnn(O)c2cc1Cl. The number of hydrogen-bond acceptors (Lipinski definition) is 6. The van der Waals surface area contributed by atoms with E-state index >= 15 is 0 Å². The fourth-order valence-corrected chi connectivity index (χ4v) is 2.39. The van der Waals surface area contributed by atoms with Gasteiger partial charge in [0.1, 0.15) is 22.1 Å². The minimum Gasteiger partial charge on any atom is -0.410 e. The van der Waals surface area contributed by atoms with Crippen molar-refractivity contribution in [3.05, 3.63) is 45.4 Å². The molecule has 2 aromatic heterocycles. The van der Waals surface area contributed by atoms with Crippen molar-refractivity contribution in [2.75, 3.05) is 0 Å². The summed E-state index contributed by atoms with van der Waals surface area (Å²) in [6.07, 6.45) is 0. The Labute approximate surface area is 145 Å². The smallest absolute Gasteiger partial charge is 0.132 e. The number of hydrogen-bond donors (Lipinski definition) is 2. The van der Waals surface area contributed by atoms with Gasteiger partial charge in [0.25, 0.3) is 0 Å². The highest BCUT2D eigenvalue weighted by Gasteiger charge is 2.06. The normalized spacial score (nSPS) is 10.8. The summed E-state index contributed by atoms with van der Waals surface area (Å²) >= 11 is 11.7. The number of fused-ring (bicyclic) bond motifs is 2. The second-order valence-electron chi connectivity index (χ2n) is 5.14. The predicted octanol–water partition coefficient (Wildman–Crippen LogP) is 3.26. The third kappa shape index (κ3) is 2.93. The number of aryl methyl sites for hydroxylation is 2. The quantitative estimate of drug-likeness (QED) is 0.463. The van der Waals surface area contributed by atoms with Crippen molar-refractivity contribution < 1.29 is 10.4 Å². The maximum absolute atomic E-state index is 9.13. The van der Waals surface area contributed by atoms with Gasteiger partial charge in [-0.25, -0.2) is 0 Å². The predicted molar refractivity (Wildman–Crippen MR) is 88.9 cm³/mol. The number of rotatable bonds is 0. The molecule has 2 aromatic carbocycles. The summed E-state index contributed by atoms with van der Waals surface area (Å²) in [4.78, 5) is 1.44. The summed E-state index contributed by atoms with van der Waals surface area (Å²) in [5, 5.41) is 33.8. The summed E-state index contributed by atoms with van der Waals surface area (Å²) < 4.78 is 0. The van der Waals surface area contributed by atoms with E-state index in [1.54, 1.807) is 24.3 Å². The molecule has 0 bridgehead atoms. The lowest BCUT2D eigenvalue weighted by Gasteiger charge is -1.95. The number of benzene rings is 2. The second kappa shape index (κ2) is 6.14. The Morgan fingerprint density at radius 2 is 1.21 bits per heavy atom. The maximum atomic E-state index is 9.13.